The molecule has 0 aliphatic heterocycles. The van der Waals surface area contributed by atoms with Gasteiger partial charge in [0.2, 0.25) is 5.91 Å². The van der Waals surface area contributed by atoms with Gasteiger partial charge in [0, 0.05) is 19.0 Å². The fourth-order valence-corrected chi connectivity index (χ4v) is 3.03. The second-order valence-electron chi connectivity index (χ2n) is 7.05. The SMILES string of the molecule is CNC(=O)c1nnc(NC(=O)C2CC2)cc1Nc1cccc(-n2cnc(C)n2)c1OC. The Hall–Kier alpha value is -4.02. The lowest BCUT2D eigenvalue weighted by Crippen LogP contribution is -2.22. The Morgan fingerprint density at radius 1 is 1.19 bits per heavy atom. The number of hydrogen-bond donors (Lipinski definition) is 3. The van der Waals surface area contributed by atoms with Crippen molar-refractivity contribution in [2.45, 2.75) is 19.8 Å². The van der Waals surface area contributed by atoms with Gasteiger partial charge in [0.05, 0.1) is 18.5 Å². The number of hydrogen-bond acceptors (Lipinski definition) is 8. The second kappa shape index (κ2) is 8.38. The molecule has 11 nitrogen and oxygen atoms in total. The standard InChI is InChI=1S/C20H22N8O3/c1-11-22-10-28(27-11)15-6-4-5-13(18(15)31-3)23-14-9-16(24-19(29)12-7-8-12)25-26-17(14)20(30)21-2/h4-6,9-10,12H,7-8H2,1-3H3,(H,21,30)(H2,23,24,25,29). The number of rotatable bonds is 7. The van der Waals surface area contributed by atoms with Crippen LogP contribution in [-0.2, 0) is 4.79 Å². The number of carbonyl (C=O) groups is 2. The Labute approximate surface area is 178 Å². The Morgan fingerprint density at radius 2 is 2.00 bits per heavy atom. The molecule has 2 amide bonds. The molecule has 0 unspecified atom stereocenters. The molecule has 2 aromatic heterocycles. The zero-order chi connectivity index (χ0) is 22.0. The van der Waals surface area contributed by atoms with Gasteiger partial charge in [0.15, 0.2) is 17.3 Å². The summed E-state index contributed by atoms with van der Waals surface area (Å²) in [6.45, 7) is 1.79. The van der Waals surface area contributed by atoms with E-state index in [1.807, 2.05) is 12.1 Å². The molecular weight excluding hydrogens is 400 g/mol. The van der Waals surface area contributed by atoms with Crippen LogP contribution < -0.4 is 20.7 Å². The quantitative estimate of drug-likeness (QED) is 0.525. The van der Waals surface area contributed by atoms with Crippen LogP contribution in [0, 0.1) is 12.8 Å². The third kappa shape index (κ3) is 4.29. The van der Waals surface area contributed by atoms with Crippen LogP contribution in [0.4, 0.5) is 17.2 Å². The lowest BCUT2D eigenvalue weighted by atomic mass is 10.2. The van der Waals surface area contributed by atoms with Crippen LogP contribution in [0.1, 0.15) is 29.2 Å². The maximum Gasteiger partial charge on any atom is 0.273 e. The number of para-hydroxylation sites is 1. The van der Waals surface area contributed by atoms with Gasteiger partial charge >= 0.3 is 0 Å². The van der Waals surface area contributed by atoms with E-state index in [1.165, 1.54) is 7.05 Å². The highest BCUT2D eigenvalue weighted by Crippen LogP contribution is 2.35. The minimum absolute atomic E-state index is 0.0136. The van der Waals surface area contributed by atoms with Gasteiger partial charge in [-0.2, -0.15) is 5.10 Å². The van der Waals surface area contributed by atoms with Gasteiger partial charge in [0.1, 0.15) is 17.8 Å². The number of ether oxygens (including phenoxy) is 1. The summed E-state index contributed by atoms with van der Waals surface area (Å²) in [5.41, 5.74) is 1.69. The first-order chi connectivity index (χ1) is 15.0. The summed E-state index contributed by atoms with van der Waals surface area (Å²) in [5, 5.41) is 20.8. The van der Waals surface area contributed by atoms with Crippen LogP contribution in [-0.4, -0.2) is 50.9 Å². The van der Waals surface area contributed by atoms with Gasteiger partial charge in [-0.3, -0.25) is 9.59 Å². The monoisotopic (exact) mass is 422 g/mol. The van der Waals surface area contributed by atoms with Crippen LogP contribution in [0.15, 0.2) is 30.6 Å². The number of amides is 2. The van der Waals surface area contributed by atoms with E-state index < -0.39 is 5.91 Å². The third-order valence-corrected chi connectivity index (χ3v) is 4.76. The minimum atomic E-state index is -0.419. The molecule has 160 valence electrons. The molecule has 3 N–H and O–H groups in total. The van der Waals surface area contributed by atoms with Crippen molar-refractivity contribution >= 4 is 29.0 Å². The van der Waals surface area contributed by atoms with E-state index in [-0.39, 0.29) is 23.3 Å². The number of anilines is 3. The molecule has 1 aromatic carbocycles. The Morgan fingerprint density at radius 3 is 2.65 bits per heavy atom. The van der Waals surface area contributed by atoms with E-state index >= 15 is 0 Å². The first kappa shape index (κ1) is 20.3. The zero-order valence-corrected chi connectivity index (χ0v) is 17.3. The number of methoxy groups -OCH3 is 1. The van der Waals surface area contributed by atoms with Crippen molar-refractivity contribution in [1.82, 2.24) is 30.3 Å². The molecule has 0 saturated heterocycles. The Bertz CT molecular complexity index is 1140. The molecule has 11 heteroatoms. The van der Waals surface area contributed by atoms with Crippen molar-refractivity contribution < 1.29 is 14.3 Å². The number of benzene rings is 1. The molecule has 0 spiro atoms. The fourth-order valence-electron chi connectivity index (χ4n) is 3.03. The lowest BCUT2D eigenvalue weighted by Gasteiger charge is -2.16. The van der Waals surface area contributed by atoms with Gasteiger partial charge in [-0.1, -0.05) is 6.07 Å². The number of nitrogens with one attached hydrogen (secondary N) is 3. The first-order valence-electron chi connectivity index (χ1n) is 9.73. The first-order valence-corrected chi connectivity index (χ1v) is 9.73. The normalized spacial score (nSPS) is 12.9. The molecule has 1 saturated carbocycles. The van der Waals surface area contributed by atoms with E-state index in [1.54, 1.807) is 37.2 Å². The lowest BCUT2D eigenvalue weighted by molar-refractivity contribution is -0.117. The largest absolute Gasteiger partial charge is 0.492 e. The number of aryl methyl sites for hydroxylation is 1. The number of nitrogens with zero attached hydrogens (tertiary/aromatic N) is 5. The summed E-state index contributed by atoms with van der Waals surface area (Å²) in [6, 6.07) is 7.03. The average Bonchev–Trinajstić information content (AvgIpc) is 3.54. The van der Waals surface area contributed by atoms with E-state index in [9.17, 15) is 9.59 Å². The van der Waals surface area contributed by atoms with Crippen molar-refractivity contribution in [1.29, 1.82) is 0 Å². The van der Waals surface area contributed by atoms with Crippen LogP contribution in [0.3, 0.4) is 0 Å². The predicted octanol–water partition coefficient (Wildman–Crippen LogP) is 1.83. The molecule has 31 heavy (non-hydrogen) atoms. The van der Waals surface area contributed by atoms with Crippen LogP contribution in [0.25, 0.3) is 5.69 Å². The number of carbonyl (C=O) groups excluding carboxylic acids is 2. The minimum Gasteiger partial charge on any atom is -0.492 e. The molecule has 0 bridgehead atoms. The molecule has 3 aromatic rings. The van der Waals surface area contributed by atoms with Gasteiger partial charge in [0.25, 0.3) is 5.91 Å². The summed E-state index contributed by atoms with van der Waals surface area (Å²) >= 11 is 0. The predicted molar refractivity (Wildman–Crippen MR) is 113 cm³/mol. The van der Waals surface area contributed by atoms with Gasteiger partial charge in [-0.05, 0) is 31.9 Å². The van der Waals surface area contributed by atoms with E-state index in [2.05, 4.69) is 36.2 Å². The van der Waals surface area contributed by atoms with Gasteiger partial charge < -0.3 is 20.7 Å². The second-order valence-corrected chi connectivity index (χ2v) is 7.05. The zero-order valence-electron chi connectivity index (χ0n) is 17.3. The molecule has 0 atom stereocenters. The van der Waals surface area contributed by atoms with Gasteiger partial charge in [-0.25, -0.2) is 9.67 Å². The summed E-state index contributed by atoms with van der Waals surface area (Å²) < 4.78 is 7.22. The summed E-state index contributed by atoms with van der Waals surface area (Å²) in [5.74, 6) is 0.868. The highest BCUT2D eigenvalue weighted by atomic mass is 16.5. The molecular formula is C20H22N8O3. The van der Waals surface area contributed by atoms with E-state index in [4.69, 9.17) is 4.74 Å². The van der Waals surface area contributed by atoms with Crippen molar-refractivity contribution in [3.05, 3.63) is 42.1 Å². The number of aromatic nitrogens is 5. The van der Waals surface area contributed by atoms with Crippen molar-refractivity contribution in [2.75, 3.05) is 24.8 Å². The highest BCUT2D eigenvalue weighted by molar-refractivity contribution is 5.99. The Balaban J connectivity index is 1.71. The summed E-state index contributed by atoms with van der Waals surface area (Å²) in [6.07, 6.45) is 3.32. The topological polar surface area (TPSA) is 136 Å². The molecule has 2 heterocycles. The summed E-state index contributed by atoms with van der Waals surface area (Å²) in [7, 11) is 3.05. The highest BCUT2D eigenvalue weighted by Gasteiger charge is 2.30. The maximum atomic E-state index is 12.3. The van der Waals surface area contributed by atoms with E-state index in [0.29, 0.717) is 28.6 Å². The molecule has 1 aliphatic carbocycles. The molecule has 0 radical (unpaired) electrons. The fraction of sp³-hybridized carbons (Fsp3) is 0.300. The maximum absolute atomic E-state index is 12.3. The summed E-state index contributed by atoms with van der Waals surface area (Å²) in [4.78, 5) is 28.6. The van der Waals surface area contributed by atoms with E-state index in [0.717, 1.165) is 12.8 Å². The Kier molecular flexibility index (Phi) is 5.48. The molecule has 1 fully saturated rings. The van der Waals surface area contributed by atoms with Crippen LogP contribution >= 0.6 is 0 Å². The third-order valence-electron chi connectivity index (χ3n) is 4.76. The van der Waals surface area contributed by atoms with Crippen LogP contribution in [0.5, 0.6) is 5.75 Å². The van der Waals surface area contributed by atoms with Gasteiger partial charge in [-0.15, -0.1) is 10.2 Å². The molecule has 4 rings (SSSR count). The average molecular weight is 422 g/mol. The van der Waals surface area contributed by atoms with Crippen molar-refractivity contribution in [3.8, 4) is 11.4 Å². The van der Waals surface area contributed by atoms with Crippen LogP contribution in [0.2, 0.25) is 0 Å². The smallest absolute Gasteiger partial charge is 0.273 e. The van der Waals surface area contributed by atoms with Crippen molar-refractivity contribution in [3.63, 3.8) is 0 Å². The van der Waals surface area contributed by atoms with Crippen molar-refractivity contribution in [2.24, 2.45) is 5.92 Å². The molecule has 1 aliphatic rings.